The van der Waals surface area contributed by atoms with E-state index in [4.69, 9.17) is 0 Å². The zero-order valence-corrected chi connectivity index (χ0v) is 14.2. The van der Waals surface area contributed by atoms with Crippen molar-refractivity contribution in [3.05, 3.63) is 51.3 Å². The molecule has 2 rings (SSSR count). The highest BCUT2D eigenvalue weighted by atomic mass is 32.2. The molecule has 1 heterocycles. The molecular weight excluding hydrogens is 298 g/mol. The number of imidazole rings is 1. The highest BCUT2D eigenvalue weighted by molar-refractivity contribution is 7.98. The number of rotatable bonds is 6. The standard InChI is InChI=1S/C16H21N3O2S/c1-11(2)9-18-13(4)12(3)17-16(18)22-10-14-7-5-6-8-15(14)19(20)21/h5-8,11H,9-10H2,1-4H3. The molecule has 6 heteroatoms. The fourth-order valence-corrected chi connectivity index (χ4v) is 3.36. The fourth-order valence-electron chi connectivity index (χ4n) is 2.27. The van der Waals surface area contributed by atoms with Gasteiger partial charge in [0.1, 0.15) is 0 Å². The molecule has 118 valence electrons. The van der Waals surface area contributed by atoms with Gasteiger partial charge in [0.15, 0.2) is 5.16 Å². The number of aryl methyl sites for hydroxylation is 1. The zero-order valence-electron chi connectivity index (χ0n) is 13.4. The van der Waals surface area contributed by atoms with Crippen LogP contribution in [-0.2, 0) is 12.3 Å². The molecule has 0 aliphatic heterocycles. The van der Waals surface area contributed by atoms with Crippen molar-refractivity contribution in [3.63, 3.8) is 0 Å². The van der Waals surface area contributed by atoms with Crippen molar-refractivity contribution in [3.8, 4) is 0 Å². The fraction of sp³-hybridized carbons (Fsp3) is 0.438. The van der Waals surface area contributed by atoms with Gasteiger partial charge in [-0.3, -0.25) is 10.1 Å². The quantitative estimate of drug-likeness (QED) is 0.451. The number of aromatic nitrogens is 2. The summed E-state index contributed by atoms with van der Waals surface area (Å²) < 4.78 is 2.21. The van der Waals surface area contributed by atoms with Crippen LogP contribution in [0.5, 0.6) is 0 Å². The van der Waals surface area contributed by atoms with Crippen molar-refractivity contribution < 1.29 is 4.92 Å². The lowest BCUT2D eigenvalue weighted by Crippen LogP contribution is -2.07. The molecule has 22 heavy (non-hydrogen) atoms. The van der Waals surface area contributed by atoms with Gasteiger partial charge >= 0.3 is 0 Å². The topological polar surface area (TPSA) is 61.0 Å². The molecule has 0 aliphatic rings. The molecule has 0 spiro atoms. The number of para-hydroxylation sites is 1. The Morgan fingerprint density at radius 2 is 2.00 bits per heavy atom. The lowest BCUT2D eigenvalue weighted by atomic mass is 10.2. The highest BCUT2D eigenvalue weighted by Crippen LogP contribution is 2.29. The Bertz CT molecular complexity index is 680. The monoisotopic (exact) mass is 319 g/mol. The molecule has 0 N–H and O–H groups in total. The van der Waals surface area contributed by atoms with Crippen LogP contribution in [0.4, 0.5) is 5.69 Å². The Balaban J connectivity index is 2.22. The Kier molecular flexibility index (Phi) is 5.24. The van der Waals surface area contributed by atoms with Crippen molar-refractivity contribution in [2.45, 2.75) is 45.1 Å². The minimum atomic E-state index is -0.326. The summed E-state index contributed by atoms with van der Waals surface area (Å²) in [6, 6.07) is 6.88. The van der Waals surface area contributed by atoms with Crippen LogP contribution in [0.15, 0.2) is 29.4 Å². The summed E-state index contributed by atoms with van der Waals surface area (Å²) in [5, 5.41) is 12.0. The number of nitro benzene ring substituents is 1. The summed E-state index contributed by atoms with van der Waals surface area (Å²) in [4.78, 5) is 15.4. The predicted molar refractivity (Wildman–Crippen MR) is 89.2 cm³/mol. The first kappa shape index (κ1) is 16.5. The van der Waals surface area contributed by atoms with Crippen LogP contribution >= 0.6 is 11.8 Å². The van der Waals surface area contributed by atoms with Gasteiger partial charge in [0, 0.05) is 29.6 Å². The second kappa shape index (κ2) is 6.96. The molecule has 2 aromatic rings. The molecule has 0 amide bonds. The number of nitrogens with zero attached hydrogens (tertiary/aromatic N) is 3. The first-order valence-corrected chi connectivity index (χ1v) is 8.27. The van der Waals surface area contributed by atoms with E-state index in [2.05, 4.69) is 30.3 Å². The lowest BCUT2D eigenvalue weighted by Gasteiger charge is -2.12. The SMILES string of the molecule is Cc1nc(SCc2ccccc2[N+](=O)[O-])n(CC(C)C)c1C. The summed E-state index contributed by atoms with van der Waals surface area (Å²) in [5.74, 6) is 1.07. The molecule has 0 saturated heterocycles. The molecule has 0 radical (unpaired) electrons. The van der Waals surface area contributed by atoms with E-state index in [1.54, 1.807) is 30.0 Å². The van der Waals surface area contributed by atoms with Gasteiger partial charge in [-0.05, 0) is 19.8 Å². The molecule has 0 bridgehead atoms. The van der Waals surface area contributed by atoms with E-state index in [1.807, 2.05) is 13.0 Å². The molecule has 0 atom stereocenters. The van der Waals surface area contributed by atoms with Gasteiger partial charge < -0.3 is 4.57 Å². The van der Waals surface area contributed by atoms with Crippen LogP contribution in [0.2, 0.25) is 0 Å². The number of thioether (sulfide) groups is 1. The van der Waals surface area contributed by atoms with E-state index in [9.17, 15) is 10.1 Å². The van der Waals surface area contributed by atoms with Crippen molar-refractivity contribution in [1.82, 2.24) is 9.55 Å². The predicted octanol–water partition coefficient (Wildman–Crippen LogP) is 4.36. The maximum absolute atomic E-state index is 11.1. The minimum Gasteiger partial charge on any atom is -0.323 e. The Hall–Kier alpha value is -1.82. The molecule has 5 nitrogen and oxygen atoms in total. The van der Waals surface area contributed by atoms with Gasteiger partial charge in [0.25, 0.3) is 5.69 Å². The van der Waals surface area contributed by atoms with E-state index in [-0.39, 0.29) is 10.6 Å². The summed E-state index contributed by atoms with van der Waals surface area (Å²) in [7, 11) is 0. The van der Waals surface area contributed by atoms with Crippen LogP contribution in [0.25, 0.3) is 0 Å². The van der Waals surface area contributed by atoms with Crippen LogP contribution in [0.1, 0.15) is 30.8 Å². The number of hydrogen-bond acceptors (Lipinski definition) is 4. The summed E-state index contributed by atoms with van der Waals surface area (Å²) in [6.07, 6.45) is 0. The van der Waals surface area contributed by atoms with Gasteiger partial charge in [-0.1, -0.05) is 43.8 Å². The van der Waals surface area contributed by atoms with Gasteiger partial charge in [-0.15, -0.1) is 0 Å². The second-order valence-electron chi connectivity index (χ2n) is 5.74. The third-order valence-electron chi connectivity index (χ3n) is 3.52. The third kappa shape index (κ3) is 3.68. The van der Waals surface area contributed by atoms with E-state index in [0.717, 1.165) is 23.0 Å². The minimum absolute atomic E-state index is 0.172. The summed E-state index contributed by atoms with van der Waals surface area (Å²) in [5.41, 5.74) is 3.08. The van der Waals surface area contributed by atoms with E-state index in [0.29, 0.717) is 11.7 Å². The van der Waals surface area contributed by atoms with Crippen LogP contribution < -0.4 is 0 Å². The molecule has 1 aromatic heterocycles. The maximum Gasteiger partial charge on any atom is 0.273 e. The van der Waals surface area contributed by atoms with Crippen molar-refractivity contribution in [1.29, 1.82) is 0 Å². The van der Waals surface area contributed by atoms with E-state index in [1.165, 1.54) is 5.69 Å². The van der Waals surface area contributed by atoms with Gasteiger partial charge in [-0.25, -0.2) is 4.98 Å². The Morgan fingerprint density at radius 1 is 1.32 bits per heavy atom. The largest absolute Gasteiger partial charge is 0.323 e. The molecule has 0 unspecified atom stereocenters. The third-order valence-corrected chi connectivity index (χ3v) is 4.54. The molecule has 0 fully saturated rings. The van der Waals surface area contributed by atoms with Crippen LogP contribution in [-0.4, -0.2) is 14.5 Å². The summed E-state index contributed by atoms with van der Waals surface area (Å²) >= 11 is 1.56. The van der Waals surface area contributed by atoms with Crippen LogP contribution in [0, 0.1) is 29.9 Å². The smallest absolute Gasteiger partial charge is 0.273 e. The Morgan fingerprint density at radius 3 is 2.64 bits per heavy atom. The molecule has 0 saturated carbocycles. The highest BCUT2D eigenvalue weighted by Gasteiger charge is 2.16. The van der Waals surface area contributed by atoms with Crippen molar-refractivity contribution in [2.75, 3.05) is 0 Å². The van der Waals surface area contributed by atoms with Gasteiger partial charge in [0.05, 0.1) is 10.6 Å². The number of hydrogen-bond donors (Lipinski definition) is 0. The summed E-state index contributed by atoms with van der Waals surface area (Å²) in [6.45, 7) is 9.32. The maximum atomic E-state index is 11.1. The van der Waals surface area contributed by atoms with Gasteiger partial charge in [-0.2, -0.15) is 0 Å². The van der Waals surface area contributed by atoms with Crippen molar-refractivity contribution >= 4 is 17.4 Å². The van der Waals surface area contributed by atoms with E-state index < -0.39 is 0 Å². The zero-order chi connectivity index (χ0) is 16.3. The molecule has 0 aliphatic carbocycles. The molecular formula is C16H21N3O2S. The average Bonchev–Trinajstić information content (AvgIpc) is 2.72. The number of benzene rings is 1. The van der Waals surface area contributed by atoms with Gasteiger partial charge in [0.2, 0.25) is 0 Å². The average molecular weight is 319 g/mol. The molecule has 1 aromatic carbocycles. The second-order valence-corrected chi connectivity index (χ2v) is 6.69. The van der Waals surface area contributed by atoms with E-state index >= 15 is 0 Å². The first-order valence-electron chi connectivity index (χ1n) is 7.29. The lowest BCUT2D eigenvalue weighted by molar-refractivity contribution is -0.385. The Labute approximate surface area is 134 Å². The van der Waals surface area contributed by atoms with Crippen LogP contribution in [0.3, 0.4) is 0 Å². The number of nitro groups is 1. The normalized spacial score (nSPS) is 11.1. The van der Waals surface area contributed by atoms with Crippen molar-refractivity contribution in [2.24, 2.45) is 5.92 Å². The first-order chi connectivity index (χ1) is 10.4.